The van der Waals surface area contributed by atoms with Gasteiger partial charge in [-0.25, -0.2) is 0 Å². The normalized spacial score (nSPS) is 10.7. The zero-order valence-electron chi connectivity index (χ0n) is 11.1. The predicted molar refractivity (Wildman–Crippen MR) is 67.5 cm³/mol. The lowest BCUT2D eigenvalue weighted by Gasteiger charge is -2.07. The van der Waals surface area contributed by atoms with Crippen LogP contribution in [0.1, 0.15) is 39.9 Å². The first-order valence-corrected chi connectivity index (χ1v) is 5.91. The third-order valence-electron chi connectivity index (χ3n) is 2.91. The van der Waals surface area contributed by atoms with E-state index < -0.39 is 0 Å². The Hall–Kier alpha value is -2.04. The summed E-state index contributed by atoms with van der Waals surface area (Å²) in [5.74, 6) is -0.0395. The Morgan fingerprint density at radius 1 is 1.33 bits per heavy atom. The molecular weight excluding hydrogens is 228 g/mol. The Morgan fingerprint density at radius 3 is 2.61 bits per heavy atom. The largest absolute Gasteiger partial charge is 0.287 e. The van der Waals surface area contributed by atoms with E-state index in [0.717, 1.165) is 17.0 Å². The molecule has 0 amide bonds. The molecule has 0 aromatic carbocycles. The molecule has 5 heteroatoms. The fourth-order valence-electron chi connectivity index (χ4n) is 1.97. The molecule has 0 aliphatic carbocycles. The van der Waals surface area contributed by atoms with Gasteiger partial charge in [-0.3, -0.25) is 9.48 Å². The van der Waals surface area contributed by atoms with Gasteiger partial charge in [0.25, 0.3) is 0 Å². The maximum absolute atomic E-state index is 12.6. The van der Waals surface area contributed by atoms with Crippen LogP contribution in [0.4, 0.5) is 0 Å². The highest BCUT2D eigenvalue weighted by atomic mass is 16.1. The topological polar surface area (TPSA) is 60.7 Å². The van der Waals surface area contributed by atoms with Gasteiger partial charge in [-0.15, -0.1) is 0 Å². The van der Waals surface area contributed by atoms with Crippen LogP contribution in [0.3, 0.4) is 0 Å². The summed E-state index contributed by atoms with van der Waals surface area (Å²) in [6, 6.07) is 1.79. The Kier molecular flexibility index (Phi) is 3.23. The zero-order valence-corrected chi connectivity index (χ0v) is 11.1. The van der Waals surface area contributed by atoms with Crippen LogP contribution in [0.25, 0.3) is 0 Å². The molecule has 0 N–H and O–H groups in total. The Morgan fingerprint density at radius 2 is 2.06 bits per heavy atom. The van der Waals surface area contributed by atoms with Gasteiger partial charge < -0.3 is 0 Å². The molecule has 2 rings (SSSR count). The van der Waals surface area contributed by atoms with Gasteiger partial charge in [0.05, 0.1) is 17.6 Å². The van der Waals surface area contributed by atoms with Crippen molar-refractivity contribution < 1.29 is 4.79 Å². The molecule has 0 saturated heterocycles. The summed E-state index contributed by atoms with van der Waals surface area (Å²) in [4.78, 5) is 12.6. The van der Waals surface area contributed by atoms with E-state index in [9.17, 15) is 4.79 Å². The summed E-state index contributed by atoms with van der Waals surface area (Å²) in [7, 11) is 1.77. The standard InChI is InChI=1S/C13H16N4O/c1-5-11-10(6-9(3)15-16-11)13(18)12-8(2)7-14-17(12)4/h6-7H,5H2,1-4H3. The molecule has 0 radical (unpaired) electrons. The number of hydrogen-bond acceptors (Lipinski definition) is 4. The summed E-state index contributed by atoms with van der Waals surface area (Å²) in [6.45, 7) is 5.68. The van der Waals surface area contributed by atoms with Gasteiger partial charge >= 0.3 is 0 Å². The number of rotatable bonds is 3. The van der Waals surface area contributed by atoms with Gasteiger partial charge in [-0.2, -0.15) is 15.3 Å². The minimum absolute atomic E-state index is 0.0395. The van der Waals surface area contributed by atoms with Crippen LogP contribution < -0.4 is 0 Å². The quantitative estimate of drug-likeness (QED) is 0.770. The van der Waals surface area contributed by atoms with Crippen molar-refractivity contribution in [2.24, 2.45) is 7.05 Å². The van der Waals surface area contributed by atoms with Crippen molar-refractivity contribution in [2.75, 3.05) is 0 Å². The molecule has 0 aliphatic rings. The summed E-state index contributed by atoms with van der Waals surface area (Å²) in [5, 5.41) is 12.2. The highest BCUT2D eigenvalue weighted by molar-refractivity contribution is 6.09. The second-order valence-corrected chi connectivity index (χ2v) is 4.33. The van der Waals surface area contributed by atoms with E-state index in [2.05, 4.69) is 15.3 Å². The highest BCUT2D eigenvalue weighted by Crippen LogP contribution is 2.16. The number of ketones is 1. The molecule has 0 spiro atoms. The number of nitrogens with zero attached hydrogens (tertiary/aromatic N) is 4. The fourth-order valence-corrected chi connectivity index (χ4v) is 1.97. The molecule has 5 nitrogen and oxygen atoms in total. The van der Waals surface area contributed by atoms with Gasteiger partial charge in [0.1, 0.15) is 5.69 Å². The fraction of sp³-hybridized carbons (Fsp3) is 0.385. The first-order valence-electron chi connectivity index (χ1n) is 5.91. The van der Waals surface area contributed by atoms with Crippen LogP contribution in [0, 0.1) is 13.8 Å². The molecular formula is C13H16N4O. The summed E-state index contributed by atoms with van der Waals surface area (Å²) >= 11 is 0. The Bertz CT molecular complexity index is 582. The molecule has 2 heterocycles. The number of carbonyl (C=O) groups excluding carboxylic acids is 1. The van der Waals surface area contributed by atoms with Crippen LogP contribution in [-0.2, 0) is 13.5 Å². The number of aromatic nitrogens is 4. The molecule has 0 saturated carbocycles. The molecule has 2 aromatic rings. The Labute approximate surface area is 106 Å². The average molecular weight is 244 g/mol. The third kappa shape index (κ3) is 2.03. The van der Waals surface area contributed by atoms with Crippen molar-refractivity contribution in [3.05, 3.63) is 40.5 Å². The molecule has 0 unspecified atom stereocenters. The minimum atomic E-state index is -0.0395. The van der Waals surface area contributed by atoms with Crippen LogP contribution in [0.15, 0.2) is 12.3 Å². The second-order valence-electron chi connectivity index (χ2n) is 4.33. The van der Waals surface area contributed by atoms with Crippen LogP contribution in [0.2, 0.25) is 0 Å². The van der Waals surface area contributed by atoms with E-state index in [-0.39, 0.29) is 5.78 Å². The minimum Gasteiger partial charge on any atom is -0.287 e. The molecule has 2 aromatic heterocycles. The zero-order chi connectivity index (χ0) is 13.3. The van der Waals surface area contributed by atoms with E-state index in [4.69, 9.17) is 0 Å². The van der Waals surface area contributed by atoms with Gasteiger partial charge in [-0.05, 0) is 31.9 Å². The lowest BCUT2D eigenvalue weighted by atomic mass is 10.0. The van der Waals surface area contributed by atoms with Gasteiger partial charge in [-0.1, -0.05) is 6.92 Å². The van der Waals surface area contributed by atoms with E-state index in [1.165, 1.54) is 0 Å². The maximum Gasteiger partial charge on any atom is 0.213 e. The van der Waals surface area contributed by atoms with Crippen molar-refractivity contribution >= 4 is 5.78 Å². The van der Waals surface area contributed by atoms with Crippen molar-refractivity contribution in [3.63, 3.8) is 0 Å². The maximum atomic E-state index is 12.6. The summed E-state index contributed by atoms with van der Waals surface area (Å²) in [6.07, 6.45) is 2.38. The lowest BCUT2D eigenvalue weighted by Crippen LogP contribution is -2.14. The van der Waals surface area contributed by atoms with E-state index in [0.29, 0.717) is 17.7 Å². The number of aryl methyl sites for hydroxylation is 4. The molecule has 0 fully saturated rings. The van der Waals surface area contributed by atoms with E-state index in [1.807, 2.05) is 20.8 Å². The Balaban J connectivity index is 2.55. The van der Waals surface area contributed by atoms with Crippen LogP contribution in [-0.4, -0.2) is 25.8 Å². The predicted octanol–water partition coefficient (Wildman–Crippen LogP) is 1.62. The number of carbonyl (C=O) groups is 1. The monoisotopic (exact) mass is 244 g/mol. The van der Waals surface area contributed by atoms with Crippen molar-refractivity contribution in [1.29, 1.82) is 0 Å². The van der Waals surface area contributed by atoms with E-state index in [1.54, 1.807) is 24.0 Å². The second kappa shape index (κ2) is 4.68. The average Bonchev–Trinajstić information content (AvgIpc) is 2.68. The smallest absolute Gasteiger partial charge is 0.213 e. The molecule has 0 atom stereocenters. The molecule has 0 bridgehead atoms. The van der Waals surface area contributed by atoms with Gasteiger partial charge in [0.15, 0.2) is 0 Å². The summed E-state index contributed by atoms with van der Waals surface area (Å²) < 4.78 is 1.60. The highest BCUT2D eigenvalue weighted by Gasteiger charge is 2.20. The van der Waals surface area contributed by atoms with Crippen molar-refractivity contribution in [3.8, 4) is 0 Å². The van der Waals surface area contributed by atoms with Crippen molar-refractivity contribution in [1.82, 2.24) is 20.0 Å². The summed E-state index contributed by atoms with van der Waals surface area (Å²) in [5.41, 5.74) is 3.58. The number of hydrogen-bond donors (Lipinski definition) is 0. The molecule has 18 heavy (non-hydrogen) atoms. The first-order chi connectivity index (χ1) is 8.54. The van der Waals surface area contributed by atoms with Crippen LogP contribution >= 0.6 is 0 Å². The van der Waals surface area contributed by atoms with Crippen molar-refractivity contribution in [2.45, 2.75) is 27.2 Å². The first kappa shape index (κ1) is 12.4. The molecule has 94 valence electrons. The van der Waals surface area contributed by atoms with Gasteiger partial charge in [0, 0.05) is 12.6 Å². The van der Waals surface area contributed by atoms with Gasteiger partial charge in [0.2, 0.25) is 5.78 Å². The lowest BCUT2D eigenvalue weighted by molar-refractivity contribution is 0.102. The molecule has 0 aliphatic heterocycles. The SMILES string of the molecule is CCc1nnc(C)cc1C(=O)c1c(C)cnn1C. The third-order valence-corrected chi connectivity index (χ3v) is 2.91. The van der Waals surface area contributed by atoms with E-state index >= 15 is 0 Å². The van der Waals surface area contributed by atoms with Crippen LogP contribution in [0.5, 0.6) is 0 Å².